The van der Waals surface area contributed by atoms with Crippen LogP contribution in [-0.2, 0) is 0 Å². The number of thioether (sulfide) groups is 1. The van der Waals surface area contributed by atoms with Crippen LogP contribution in [0.5, 0.6) is 0 Å². The molecule has 0 radical (unpaired) electrons. The minimum absolute atomic E-state index is 0.600. The average Bonchev–Trinajstić information content (AvgIpc) is 1.83. The van der Waals surface area contributed by atoms with E-state index in [9.17, 15) is 0 Å². The van der Waals surface area contributed by atoms with Gasteiger partial charge in [0.1, 0.15) is 0 Å². The molecule has 0 aromatic carbocycles. The van der Waals surface area contributed by atoms with Gasteiger partial charge in [0, 0.05) is 6.20 Å². The highest BCUT2D eigenvalue weighted by atomic mass is 32.2. The number of aliphatic imine (C=N–C) groups is 1. The molecule has 0 aliphatic rings. The highest BCUT2D eigenvalue weighted by Gasteiger charge is 1.78. The first kappa shape index (κ1) is 7.56. The average molecular weight is 130 g/mol. The summed E-state index contributed by atoms with van der Waals surface area (Å²) in [4.78, 5) is 3.84. The standard InChI is InChI=1S/C5H10N2S/c1-3-4-7-5(6)8-2/h3-4H,1-2H3,(H2,6,7)/b4-3+. The Morgan fingerprint density at radius 1 is 1.75 bits per heavy atom. The second-order valence-corrected chi connectivity index (χ2v) is 1.98. The summed E-state index contributed by atoms with van der Waals surface area (Å²) in [6.45, 7) is 1.90. The second kappa shape index (κ2) is 4.71. The van der Waals surface area contributed by atoms with Gasteiger partial charge in [-0.15, -0.1) is 0 Å². The molecule has 0 heterocycles. The van der Waals surface area contributed by atoms with Crippen molar-refractivity contribution in [1.82, 2.24) is 0 Å². The predicted molar refractivity (Wildman–Crippen MR) is 40.0 cm³/mol. The van der Waals surface area contributed by atoms with E-state index in [0.717, 1.165) is 0 Å². The molecule has 0 aromatic rings. The summed E-state index contributed by atoms with van der Waals surface area (Å²) < 4.78 is 0. The highest BCUT2D eigenvalue weighted by molar-refractivity contribution is 8.13. The molecule has 46 valence electrons. The third-order valence-electron chi connectivity index (χ3n) is 0.560. The van der Waals surface area contributed by atoms with Gasteiger partial charge in [-0.1, -0.05) is 17.8 Å². The molecule has 0 spiro atoms. The van der Waals surface area contributed by atoms with Crippen molar-refractivity contribution in [1.29, 1.82) is 0 Å². The first-order valence-corrected chi connectivity index (χ1v) is 3.52. The fourth-order valence-corrected chi connectivity index (χ4v) is 0.367. The zero-order chi connectivity index (χ0) is 6.41. The van der Waals surface area contributed by atoms with Gasteiger partial charge in [-0.2, -0.15) is 0 Å². The molecule has 3 heteroatoms. The Labute approximate surface area is 53.9 Å². The molecule has 0 bridgehead atoms. The first-order chi connectivity index (χ1) is 3.81. The summed E-state index contributed by atoms with van der Waals surface area (Å²) in [5.41, 5.74) is 5.32. The van der Waals surface area contributed by atoms with Crippen LogP contribution in [0.25, 0.3) is 0 Å². The Morgan fingerprint density at radius 2 is 2.38 bits per heavy atom. The maximum absolute atomic E-state index is 5.32. The molecule has 0 fully saturated rings. The van der Waals surface area contributed by atoms with E-state index in [0.29, 0.717) is 5.17 Å². The van der Waals surface area contributed by atoms with Gasteiger partial charge in [0.05, 0.1) is 0 Å². The number of hydrogen-bond acceptors (Lipinski definition) is 2. The van der Waals surface area contributed by atoms with Crippen LogP contribution in [-0.4, -0.2) is 11.4 Å². The lowest BCUT2D eigenvalue weighted by molar-refractivity contribution is 1.51. The lowest BCUT2D eigenvalue weighted by atomic mass is 10.7. The number of nitrogens with zero attached hydrogens (tertiary/aromatic N) is 1. The molecular formula is C5H10N2S. The normalized spacial score (nSPS) is 13.0. The summed E-state index contributed by atoms with van der Waals surface area (Å²) in [5.74, 6) is 0. The van der Waals surface area contributed by atoms with Crippen molar-refractivity contribution >= 4 is 16.9 Å². The van der Waals surface area contributed by atoms with Crippen molar-refractivity contribution in [3.63, 3.8) is 0 Å². The molecule has 0 saturated carbocycles. The van der Waals surface area contributed by atoms with Crippen molar-refractivity contribution in [2.24, 2.45) is 10.7 Å². The zero-order valence-electron chi connectivity index (χ0n) is 5.09. The van der Waals surface area contributed by atoms with Gasteiger partial charge in [0.15, 0.2) is 5.17 Å². The largest absolute Gasteiger partial charge is 0.378 e. The molecule has 0 aliphatic carbocycles. The number of allylic oxidation sites excluding steroid dienone is 1. The number of nitrogens with two attached hydrogens (primary N) is 1. The molecule has 0 rings (SSSR count). The fraction of sp³-hybridized carbons (Fsp3) is 0.400. The van der Waals surface area contributed by atoms with Crippen molar-refractivity contribution in [3.05, 3.63) is 12.3 Å². The maximum Gasteiger partial charge on any atom is 0.158 e. The number of hydrogen-bond donors (Lipinski definition) is 1. The first-order valence-electron chi connectivity index (χ1n) is 2.29. The summed E-state index contributed by atoms with van der Waals surface area (Å²) >= 11 is 1.44. The quantitative estimate of drug-likeness (QED) is 0.428. The zero-order valence-corrected chi connectivity index (χ0v) is 5.90. The van der Waals surface area contributed by atoms with Crippen LogP contribution < -0.4 is 5.73 Å². The fourth-order valence-electron chi connectivity index (χ4n) is 0.201. The molecular weight excluding hydrogens is 120 g/mol. The number of rotatable bonds is 1. The van der Waals surface area contributed by atoms with Crippen LogP contribution in [0.4, 0.5) is 0 Å². The van der Waals surface area contributed by atoms with Gasteiger partial charge in [0.2, 0.25) is 0 Å². The molecule has 0 atom stereocenters. The molecule has 2 nitrogen and oxygen atoms in total. The Morgan fingerprint density at radius 3 is 2.75 bits per heavy atom. The van der Waals surface area contributed by atoms with Crippen LogP contribution in [0.1, 0.15) is 6.92 Å². The molecule has 0 aliphatic heterocycles. The van der Waals surface area contributed by atoms with E-state index >= 15 is 0 Å². The van der Waals surface area contributed by atoms with Crippen molar-refractivity contribution < 1.29 is 0 Å². The Kier molecular flexibility index (Phi) is 4.45. The van der Waals surface area contributed by atoms with Crippen molar-refractivity contribution in [2.45, 2.75) is 6.92 Å². The third kappa shape index (κ3) is 3.74. The van der Waals surface area contributed by atoms with E-state index in [-0.39, 0.29) is 0 Å². The van der Waals surface area contributed by atoms with E-state index < -0.39 is 0 Å². The summed E-state index contributed by atoms with van der Waals surface area (Å²) in [5, 5.41) is 0.600. The topological polar surface area (TPSA) is 38.4 Å². The maximum atomic E-state index is 5.32. The minimum atomic E-state index is 0.600. The van der Waals surface area contributed by atoms with Crippen LogP contribution >= 0.6 is 11.8 Å². The van der Waals surface area contributed by atoms with Gasteiger partial charge >= 0.3 is 0 Å². The van der Waals surface area contributed by atoms with E-state index in [1.54, 1.807) is 6.20 Å². The summed E-state index contributed by atoms with van der Waals surface area (Å²) in [6, 6.07) is 0. The minimum Gasteiger partial charge on any atom is -0.378 e. The van der Waals surface area contributed by atoms with E-state index in [4.69, 9.17) is 5.73 Å². The summed E-state index contributed by atoms with van der Waals surface area (Å²) in [7, 11) is 0. The lowest BCUT2D eigenvalue weighted by Crippen LogP contribution is -2.03. The molecule has 2 N–H and O–H groups in total. The van der Waals surface area contributed by atoms with Gasteiger partial charge < -0.3 is 5.73 Å². The van der Waals surface area contributed by atoms with Crippen LogP contribution in [0, 0.1) is 0 Å². The summed E-state index contributed by atoms with van der Waals surface area (Å²) in [6.07, 6.45) is 5.40. The van der Waals surface area contributed by atoms with Crippen LogP contribution in [0.3, 0.4) is 0 Å². The molecule has 8 heavy (non-hydrogen) atoms. The van der Waals surface area contributed by atoms with Gasteiger partial charge in [0.25, 0.3) is 0 Å². The van der Waals surface area contributed by atoms with E-state index in [1.807, 2.05) is 19.3 Å². The molecule has 0 unspecified atom stereocenters. The number of amidine groups is 1. The molecule has 0 aromatic heterocycles. The van der Waals surface area contributed by atoms with Gasteiger partial charge in [-0.05, 0) is 13.2 Å². The van der Waals surface area contributed by atoms with Crippen LogP contribution in [0.15, 0.2) is 17.3 Å². The Bertz CT molecular complexity index is 107. The van der Waals surface area contributed by atoms with E-state index in [2.05, 4.69) is 4.99 Å². The monoisotopic (exact) mass is 130 g/mol. The Balaban J connectivity index is 3.57. The van der Waals surface area contributed by atoms with Crippen LogP contribution in [0.2, 0.25) is 0 Å². The predicted octanol–water partition coefficient (Wildman–Crippen LogP) is 1.20. The second-order valence-electron chi connectivity index (χ2n) is 1.15. The smallest absolute Gasteiger partial charge is 0.158 e. The van der Waals surface area contributed by atoms with E-state index in [1.165, 1.54) is 11.8 Å². The van der Waals surface area contributed by atoms with Crippen molar-refractivity contribution in [2.75, 3.05) is 6.26 Å². The highest BCUT2D eigenvalue weighted by Crippen LogP contribution is 1.90. The van der Waals surface area contributed by atoms with Crippen molar-refractivity contribution in [3.8, 4) is 0 Å². The molecule has 0 saturated heterocycles. The Hall–Kier alpha value is -0.440. The van der Waals surface area contributed by atoms with Gasteiger partial charge in [-0.3, -0.25) is 0 Å². The molecule has 0 amide bonds. The van der Waals surface area contributed by atoms with Gasteiger partial charge in [-0.25, -0.2) is 4.99 Å². The third-order valence-corrected chi connectivity index (χ3v) is 1.08. The SMILES string of the molecule is C/C=C/N=C(/N)SC. The lowest BCUT2D eigenvalue weighted by Gasteiger charge is -1.86.